The summed E-state index contributed by atoms with van der Waals surface area (Å²) in [4.78, 5) is 11.2. The fraction of sp³-hybridized carbons (Fsp3) is 0.188. The van der Waals surface area contributed by atoms with Gasteiger partial charge < -0.3 is 14.6 Å². The average Bonchev–Trinajstić information content (AvgIpc) is 2.47. The Morgan fingerprint density at radius 2 is 1.81 bits per heavy atom. The molecule has 2 rings (SSSR count). The Kier molecular flexibility index (Phi) is 4.38. The lowest BCUT2D eigenvalue weighted by atomic mass is 9.95. The molecule has 0 atom stereocenters. The molecule has 0 aromatic heterocycles. The molecule has 0 saturated heterocycles. The van der Waals surface area contributed by atoms with Gasteiger partial charge in [-0.1, -0.05) is 23.7 Å². The van der Waals surface area contributed by atoms with Crippen LogP contribution in [0.4, 0.5) is 0 Å². The summed E-state index contributed by atoms with van der Waals surface area (Å²) in [6.45, 7) is 1.76. The molecule has 0 aliphatic rings. The van der Waals surface area contributed by atoms with E-state index in [-0.39, 0.29) is 5.56 Å². The Hall–Kier alpha value is -2.20. The van der Waals surface area contributed by atoms with Crippen molar-refractivity contribution in [1.82, 2.24) is 0 Å². The van der Waals surface area contributed by atoms with Crippen LogP contribution >= 0.6 is 11.6 Å². The zero-order valence-electron chi connectivity index (χ0n) is 11.9. The van der Waals surface area contributed by atoms with Crippen molar-refractivity contribution >= 4 is 17.6 Å². The van der Waals surface area contributed by atoms with Gasteiger partial charge in [0.2, 0.25) is 0 Å². The molecule has 0 fully saturated rings. The van der Waals surface area contributed by atoms with E-state index in [0.717, 1.165) is 11.1 Å². The average molecular weight is 307 g/mol. The molecule has 21 heavy (non-hydrogen) atoms. The van der Waals surface area contributed by atoms with E-state index in [0.29, 0.717) is 22.1 Å². The van der Waals surface area contributed by atoms with Gasteiger partial charge in [-0.25, -0.2) is 4.79 Å². The van der Waals surface area contributed by atoms with Gasteiger partial charge in [0.25, 0.3) is 0 Å². The fourth-order valence-electron chi connectivity index (χ4n) is 2.27. The van der Waals surface area contributed by atoms with Gasteiger partial charge in [-0.05, 0) is 36.2 Å². The van der Waals surface area contributed by atoms with Gasteiger partial charge in [0.15, 0.2) is 0 Å². The molecule has 0 bridgehead atoms. The molecular formula is C16H15ClO4. The topological polar surface area (TPSA) is 55.8 Å². The second kappa shape index (κ2) is 6.06. The van der Waals surface area contributed by atoms with Crippen LogP contribution in [0, 0.1) is 6.92 Å². The van der Waals surface area contributed by atoms with Crippen molar-refractivity contribution in [2.45, 2.75) is 6.92 Å². The van der Waals surface area contributed by atoms with Crippen molar-refractivity contribution in [3.63, 3.8) is 0 Å². The third-order valence-electron chi connectivity index (χ3n) is 3.34. The van der Waals surface area contributed by atoms with Crippen molar-refractivity contribution < 1.29 is 19.4 Å². The number of hydrogen-bond acceptors (Lipinski definition) is 3. The number of methoxy groups -OCH3 is 2. The van der Waals surface area contributed by atoms with Gasteiger partial charge >= 0.3 is 5.97 Å². The SMILES string of the molecule is COc1ccc(-c2cccc(C(=O)O)c2C)c(OC)c1Cl. The minimum atomic E-state index is -0.965. The Morgan fingerprint density at radius 3 is 2.38 bits per heavy atom. The maximum Gasteiger partial charge on any atom is 0.335 e. The summed E-state index contributed by atoms with van der Waals surface area (Å²) in [7, 11) is 3.04. The number of carboxylic acid groups (broad SMARTS) is 1. The van der Waals surface area contributed by atoms with Crippen molar-refractivity contribution in [3.05, 3.63) is 46.5 Å². The zero-order valence-corrected chi connectivity index (χ0v) is 12.7. The highest BCUT2D eigenvalue weighted by Gasteiger charge is 2.18. The first kappa shape index (κ1) is 15.2. The van der Waals surface area contributed by atoms with Crippen LogP contribution in [0.3, 0.4) is 0 Å². The third-order valence-corrected chi connectivity index (χ3v) is 3.70. The van der Waals surface area contributed by atoms with E-state index in [1.807, 2.05) is 6.07 Å². The molecule has 2 aromatic carbocycles. The predicted molar refractivity (Wildman–Crippen MR) is 81.7 cm³/mol. The molecule has 5 heteroatoms. The van der Waals surface area contributed by atoms with Crippen LogP contribution in [0.25, 0.3) is 11.1 Å². The highest BCUT2D eigenvalue weighted by atomic mass is 35.5. The summed E-state index contributed by atoms with van der Waals surface area (Å²) in [5.41, 5.74) is 2.39. The summed E-state index contributed by atoms with van der Waals surface area (Å²) in [5, 5.41) is 9.58. The second-order valence-corrected chi connectivity index (χ2v) is 4.82. The zero-order chi connectivity index (χ0) is 15.6. The van der Waals surface area contributed by atoms with Crippen molar-refractivity contribution in [2.75, 3.05) is 14.2 Å². The van der Waals surface area contributed by atoms with E-state index < -0.39 is 5.97 Å². The van der Waals surface area contributed by atoms with E-state index in [4.69, 9.17) is 21.1 Å². The highest BCUT2D eigenvalue weighted by Crippen LogP contribution is 2.42. The lowest BCUT2D eigenvalue weighted by Crippen LogP contribution is -2.01. The quantitative estimate of drug-likeness (QED) is 0.926. The Labute approximate surface area is 127 Å². The van der Waals surface area contributed by atoms with E-state index in [1.54, 1.807) is 31.2 Å². The summed E-state index contributed by atoms with van der Waals surface area (Å²) < 4.78 is 10.5. The van der Waals surface area contributed by atoms with Crippen LogP contribution in [0.1, 0.15) is 15.9 Å². The van der Waals surface area contributed by atoms with Gasteiger partial charge in [-0.15, -0.1) is 0 Å². The van der Waals surface area contributed by atoms with Gasteiger partial charge in [0.1, 0.15) is 16.5 Å². The largest absolute Gasteiger partial charge is 0.495 e. The number of benzene rings is 2. The number of hydrogen-bond donors (Lipinski definition) is 1. The molecule has 0 unspecified atom stereocenters. The molecule has 0 aliphatic carbocycles. The molecule has 4 nitrogen and oxygen atoms in total. The lowest BCUT2D eigenvalue weighted by Gasteiger charge is -2.15. The molecule has 0 radical (unpaired) electrons. The molecule has 0 amide bonds. The van der Waals surface area contributed by atoms with Gasteiger partial charge in [0.05, 0.1) is 19.8 Å². The lowest BCUT2D eigenvalue weighted by molar-refractivity contribution is 0.0696. The Bertz CT molecular complexity index is 695. The van der Waals surface area contributed by atoms with E-state index in [1.165, 1.54) is 14.2 Å². The van der Waals surface area contributed by atoms with Gasteiger partial charge in [-0.2, -0.15) is 0 Å². The molecule has 110 valence electrons. The summed E-state index contributed by atoms with van der Waals surface area (Å²) in [6, 6.07) is 8.63. The normalized spacial score (nSPS) is 10.3. The first-order valence-electron chi connectivity index (χ1n) is 6.25. The van der Waals surface area contributed by atoms with Crippen LogP contribution in [0.15, 0.2) is 30.3 Å². The maximum absolute atomic E-state index is 11.2. The first-order valence-corrected chi connectivity index (χ1v) is 6.62. The van der Waals surface area contributed by atoms with Crippen molar-refractivity contribution in [1.29, 1.82) is 0 Å². The van der Waals surface area contributed by atoms with E-state index in [9.17, 15) is 9.90 Å². The summed E-state index contributed by atoms with van der Waals surface area (Å²) >= 11 is 6.25. The predicted octanol–water partition coefficient (Wildman–Crippen LogP) is 4.03. The number of carbonyl (C=O) groups is 1. The number of ether oxygens (including phenoxy) is 2. The van der Waals surface area contributed by atoms with Crippen LogP contribution < -0.4 is 9.47 Å². The second-order valence-electron chi connectivity index (χ2n) is 4.45. The fourth-order valence-corrected chi connectivity index (χ4v) is 2.59. The smallest absolute Gasteiger partial charge is 0.335 e. The van der Waals surface area contributed by atoms with Crippen LogP contribution in [-0.2, 0) is 0 Å². The molecule has 0 saturated carbocycles. The minimum absolute atomic E-state index is 0.251. The Morgan fingerprint density at radius 1 is 1.10 bits per heavy atom. The van der Waals surface area contributed by atoms with Crippen LogP contribution in [-0.4, -0.2) is 25.3 Å². The van der Waals surface area contributed by atoms with Crippen molar-refractivity contribution in [3.8, 4) is 22.6 Å². The van der Waals surface area contributed by atoms with E-state index >= 15 is 0 Å². The van der Waals surface area contributed by atoms with Crippen LogP contribution in [0.2, 0.25) is 5.02 Å². The summed E-state index contributed by atoms with van der Waals surface area (Å²) in [5.74, 6) is -0.00103. The highest BCUT2D eigenvalue weighted by molar-refractivity contribution is 6.34. The minimum Gasteiger partial charge on any atom is -0.495 e. The standard InChI is InChI=1S/C16H15ClO4/c1-9-10(5-4-6-11(9)16(18)19)12-7-8-13(20-2)14(17)15(12)21-3/h4-8H,1-3H3,(H,18,19). The number of halogens is 1. The van der Waals surface area contributed by atoms with Gasteiger partial charge in [-0.3, -0.25) is 0 Å². The molecule has 0 spiro atoms. The molecular weight excluding hydrogens is 292 g/mol. The number of rotatable bonds is 4. The van der Waals surface area contributed by atoms with Crippen LogP contribution in [0.5, 0.6) is 11.5 Å². The maximum atomic E-state index is 11.2. The third kappa shape index (κ3) is 2.67. The molecule has 1 N–H and O–H groups in total. The number of carboxylic acids is 1. The first-order chi connectivity index (χ1) is 10.0. The Balaban J connectivity index is 2.71. The molecule has 2 aromatic rings. The van der Waals surface area contributed by atoms with E-state index in [2.05, 4.69) is 0 Å². The van der Waals surface area contributed by atoms with Gasteiger partial charge in [0, 0.05) is 5.56 Å². The monoisotopic (exact) mass is 306 g/mol. The summed E-state index contributed by atoms with van der Waals surface area (Å²) in [6.07, 6.45) is 0. The van der Waals surface area contributed by atoms with Crippen molar-refractivity contribution in [2.24, 2.45) is 0 Å². The molecule has 0 aliphatic heterocycles. The number of aromatic carboxylic acids is 1. The molecule has 0 heterocycles.